The number of hydrogen-bond donors (Lipinski definition) is 2. The van der Waals surface area contributed by atoms with E-state index in [4.69, 9.17) is 0 Å². The molecule has 2 aromatic rings. The third-order valence-electron chi connectivity index (χ3n) is 3.32. The van der Waals surface area contributed by atoms with Gasteiger partial charge in [0.25, 0.3) is 0 Å². The Hall–Kier alpha value is -2.10. The molecule has 0 aliphatic heterocycles. The number of nitrogens with zero attached hydrogens (tertiary/aromatic N) is 1. The summed E-state index contributed by atoms with van der Waals surface area (Å²) in [4.78, 5) is 16.1. The molecule has 20 heavy (non-hydrogen) atoms. The van der Waals surface area contributed by atoms with E-state index >= 15 is 0 Å². The van der Waals surface area contributed by atoms with Crippen LogP contribution in [-0.4, -0.2) is 23.5 Å². The first kappa shape index (κ1) is 14.3. The Morgan fingerprint density at radius 3 is 2.90 bits per heavy atom. The van der Waals surface area contributed by atoms with Gasteiger partial charge < -0.3 is 10.6 Å². The smallest absolute Gasteiger partial charge is 0.221 e. The number of rotatable bonds is 6. The normalized spacial score (nSPS) is 12.1. The molecule has 2 rings (SSSR count). The van der Waals surface area contributed by atoms with E-state index in [0.717, 1.165) is 23.0 Å². The molecule has 1 aromatic carbocycles. The van der Waals surface area contributed by atoms with Gasteiger partial charge >= 0.3 is 0 Å². The molecule has 0 radical (unpaired) electrons. The Labute approximate surface area is 119 Å². The number of carbonyl (C=O) groups is 1. The zero-order valence-electron chi connectivity index (χ0n) is 12.0. The summed E-state index contributed by atoms with van der Waals surface area (Å²) >= 11 is 0. The lowest BCUT2D eigenvalue weighted by Gasteiger charge is -2.12. The van der Waals surface area contributed by atoms with Gasteiger partial charge in [-0.3, -0.25) is 9.78 Å². The maximum Gasteiger partial charge on any atom is 0.221 e. The van der Waals surface area contributed by atoms with Crippen molar-refractivity contribution in [1.82, 2.24) is 10.3 Å². The van der Waals surface area contributed by atoms with Crippen LogP contribution >= 0.6 is 0 Å². The lowest BCUT2D eigenvalue weighted by atomic mass is 10.2. The molecule has 0 aliphatic rings. The molecule has 0 saturated carbocycles. The summed E-state index contributed by atoms with van der Waals surface area (Å²) < 4.78 is 0. The molecule has 1 aromatic heterocycles. The van der Waals surface area contributed by atoms with Crippen LogP contribution in [0.1, 0.15) is 26.7 Å². The quantitative estimate of drug-likeness (QED) is 0.849. The zero-order valence-corrected chi connectivity index (χ0v) is 12.0. The van der Waals surface area contributed by atoms with Crippen LogP contribution in [-0.2, 0) is 4.79 Å². The van der Waals surface area contributed by atoms with Crippen LogP contribution in [0, 0.1) is 0 Å². The van der Waals surface area contributed by atoms with E-state index < -0.39 is 0 Å². The number of hydrogen-bond acceptors (Lipinski definition) is 3. The van der Waals surface area contributed by atoms with Gasteiger partial charge in [-0.1, -0.05) is 25.1 Å². The summed E-state index contributed by atoms with van der Waals surface area (Å²) in [5.74, 6) is 0.0834. The van der Waals surface area contributed by atoms with E-state index in [1.54, 1.807) is 6.20 Å². The van der Waals surface area contributed by atoms with Crippen LogP contribution in [0.25, 0.3) is 10.9 Å². The van der Waals surface area contributed by atoms with E-state index in [2.05, 4.69) is 22.5 Å². The van der Waals surface area contributed by atoms with Crippen molar-refractivity contribution in [3.8, 4) is 0 Å². The number of benzene rings is 1. The second-order valence-corrected chi connectivity index (χ2v) is 4.93. The molecule has 1 atom stereocenters. The summed E-state index contributed by atoms with van der Waals surface area (Å²) in [7, 11) is 0. The van der Waals surface area contributed by atoms with Gasteiger partial charge in [-0.25, -0.2) is 0 Å². The molecule has 0 fully saturated rings. The van der Waals surface area contributed by atoms with Crippen molar-refractivity contribution in [3.63, 3.8) is 0 Å². The van der Waals surface area contributed by atoms with Crippen molar-refractivity contribution in [1.29, 1.82) is 0 Å². The van der Waals surface area contributed by atoms with Crippen LogP contribution in [0.2, 0.25) is 0 Å². The second-order valence-electron chi connectivity index (χ2n) is 4.93. The number of nitrogens with one attached hydrogen (secondary N) is 2. The number of carbonyl (C=O) groups excluding carboxylic acids is 1. The van der Waals surface area contributed by atoms with Gasteiger partial charge in [0, 0.05) is 30.6 Å². The Morgan fingerprint density at radius 1 is 1.30 bits per heavy atom. The molecule has 0 spiro atoms. The fourth-order valence-electron chi connectivity index (χ4n) is 2.01. The molecule has 4 nitrogen and oxygen atoms in total. The Bertz CT molecular complexity index is 577. The van der Waals surface area contributed by atoms with E-state index in [1.165, 1.54) is 0 Å². The lowest BCUT2D eigenvalue weighted by molar-refractivity contribution is -0.121. The predicted molar refractivity (Wildman–Crippen MR) is 82.7 cm³/mol. The number of para-hydroxylation sites is 1. The highest BCUT2D eigenvalue weighted by molar-refractivity contribution is 5.90. The van der Waals surface area contributed by atoms with E-state index in [0.29, 0.717) is 13.0 Å². The first-order chi connectivity index (χ1) is 9.70. The molecule has 2 N–H and O–H groups in total. The topological polar surface area (TPSA) is 54.0 Å². The number of aromatic nitrogens is 1. The third kappa shape index (κ3) is 3.70. The van der Waals surface area contributed by atoms with Gasteiger partial charge in [0.1, 0.15) is 0 Å². The van der Waals surface area contributed by atoms with Gasteiger partial charge in [-0.2, -0.15) is 0 Å². The molecule has 4 heteroatoms. The zero-order chi connectivity index (χ0) is 14.4. The number of anilines is 1. The van der Waals surface area contributed by atoms with Gasteiger partial charge in [0.15, 0.2) is 0 Å². The number of amides is 1. The maximum absolute atomic E-state index is 11.7. The van der Waals surface area contributed by atoms with Crippen molar-refractivity contribution in [2.75, 3.05) is 11.9 Å². The summed E-state index contributed by atoms with van der Waals surface area (Å²) in [5.41, 5.74) is 1.91. The highest BCUT2D eigenvalue weighted by atomic mass is 16.1. The molecular weight excluding hydrogens is 250 g/mol. The van der Waals surface area contributed by atoms with Crippen LogP contribution in [0.5, 0.6) is 0 Å². The Morgan fingerprint density at radius 2 is 2.10 bits per heavy atom. The predicted octanol–water partition coefficient (Wildman–Crippen LogP) is 2.95. The molecular formula is C16H21N3O. The molecule has 0 aliphatic carbocycles. The van der Waals surface area contributed by atoms with Gasteiger partial charge in [-0.05, 0) is 25.5 Å². The maximum atomic E-state index is 11.7. The SMILES string of the molecule is CCC(C)NC(=O)CCNc1cccc2cccnc12. The van der Waals surface area contributed by atoms with E-state index in [9.17, 15) is 4.79 Å². The summed E-state index contributed by atoms with van der Waals surface area (Å²) in [6.07, 6.45) is 3.20. The standard InChI is InChI=1S/C16H21N3O/c1-3-12(2)19-15(20)9-11-17-14-8-4-6-13-7-5-10-18-16(13)14/h4-8,10,12,17H,3,9,11H2,1-2H3,(H,19,20). The minimum absolute atomic E-state index is 0.0834. The van der Waals surface area contributed by atoms with E-state index in [1.807, 2.05) is 37.3 Å². The first-order valence-corrected chi connectivity index (χ1v) is 7.07. The monoisotopic (exact) mass is 271 g/mol. The van der Waals surface area contributed by atoms with Crippen molar-refractivity contribution in [2.45, 2.75) is 32.7 Å². The molecule has 1 heterocycles. The van der Waals surface area contributed by atoms with Gasteiger partial charge in [0.2, 0.25) is 5.91 Å². The molecule has 1 unspecified atom stereocenters. The highest BCUT2D eigenvalue weighted by Gasteiger charge is 2.06. The third-order valence-corrected chi connectivity index (χ3v) is 3.32. The Kier molecular flexibility index (Phi) is 4.93. The largest absolute Gasteiger partial charge is 0.383 e. The first-order valence-electron chi connectivity index (χ1n) is 7.07. The minimum Gasteiger partial charge on any atom is -0.383 e. The van der Waals surface area contributed by atoms with Gasteiger partial charge in [-0.15, -0.1) is 0 Å². The summed E-state index contributed by atoms with van der Waals surface area (Å²) in [5, 5.41) is 7.34. The van der Waals surface area contributed by atoms with Crippen LogP contribution in [0.4, 0.5) is 5.69 Å². The molecule has 0 saturated heterocycles. The fourth-order valence-corrected chi connectivity index (χ4v) is 2.01. The molecule has 0 bridgehead atoms. The highest BCUT2D eigenvalue weighted by Crippen LogP contribution is 2.20. The molecule has 1 amide bonds. The minimum atomic E-state index is 0.0834. The summed E-state index contributed by atoms with van der Waals surface area (Å²) in [6, 6.07) is 10.2. The van der Waals surface area contributed by atoms with E-state index in [-0.39, 0.29) is 11.9 Å². The average Bonchev–Trinajstić information content (AvgIpc) is 2.47. The van der Waals surface area contributed by atoms with Crippen molar-refractivity contribution in [3.05, 3.63) is 36.5 Å². The van der Waals surface area contributed by atoms with Crippen LogP contribution < -0.4 is 10.6 Å². The summed E-state index contributed by atoms with van der Waals surface area (Å²) in [6.45, 7) is 4.68. The average molecular weight is 271 g/mol. The second kappa shape index (κ2) is 6.89. The number of fused-ring (bicyclic) bond motifs is 1. The lowest BCUT2D eigenvalue weighted by Crippen LogP contribution is -2.32. The van der Waals surface area contributed by atoms with Crippen LogP contribution in [0.3, 0.4) is 0 Å². The van der Waals surface area contributed by atoms with Crippen molar-refractivity contribution in [2.24, 2.45) is 0 Å². The van der Waals surface area contributed by atoms with Crippen molar-refractivity contribution >= 4 is 22.5 Å². The Balaban J connectivity index is 1.92. The van der Waals surface area contributed by atoms with Crippen LogP contribution in [0.15, 0.2) is 36.5 Å². The van der Waals surface area contributed by atoms with Gasteiger partial charge in [0.05, 0.1) is 11.2 Å². The number of pyridine rings is 1. The molecule has 106 valence electrons. The van der Waals surface area contributed by atoms with Crippen molar-refractivity contribution < 1.29 is 4.79 Å². The fraction of sp³-hybridized carbons (Fsp3) is 0.375.